The van der Waals surface area contributed by atoms with E-state index in [9.17, 15) is 5.11 Å². The Balaban J connectivity index is 0.000000428. The van der Waals surface area contributed by atoms with Crippen molar-refractivity contribution in [2.75, 3.05) is 0 Å². The zero-order chi connectivity index (χ0) is 20.6. The molecule has 0 unspecified atom stereocenters. The summed E-state index contributed by atoms with van der Waals surface area (Å²) in [6.45, 7) is 20.4. The predicted molar refractivity (Wildman–Crippen MR) is 114 cm³/mol. The Morgan fingerprint density at radius 1 is 0.731 bits per heavy atom. The summed E-state index contributed by atoms with van der Waals surface area (Å²) in [4.78, 5) is 0. The molecule has 0 bridgehead atoms. The Morgan fingerprint density at radius 3 is 1.15 bits per heavy atom. The number of para-hydroxylation sites is 1. The van der Waals surface area contributed by atoms with Crippen LogP contribution in [0.4, 0.5) is 0 Å². The average Bonchev–Trinajstić information content (AvgIpc) is 2.74. The summed E-state index contributed by atoms with van der Waals surface area (Å²) in [6, 6.07) is 6.00. The third-order valence-electron chi connectivity index (χ3n) is 6.49. The molecule has 0 aromatic heterocycles. The molecule has 0 radical (unpaired) electrons. The number of phenolic OH excluding ortho intramolecular Hbond substituents is 1. The zero-order valence-electron chi connectivity index (χ0n) is 18.0. The second-order valence-corrected chi connectivity index (χ2v) is 11.0. The maximum atomic E-state index is 9.93. The monoisotopic (exact) mass is 436 g/mol. The fourth-order valence-electron chi connectivity index (χ4n) is 3.91. The second kappa shape index (κ2) is 12.7. The van der Waals surface area contributed by atoms with Gasteiger partial charge in [0.05, 0.1) is 0 Å². The first-order valence-corrected chi connectivity index (χ1v) is 14.1. The zero-order valence-corrected chi connectivity index (χ0v) is 21.1. The van der Waals surface area contributed by atoms with E-state index in [1.54, 1.807) is 0 Å². The van der Waals surface area contributed by atoms with Crippen molar-refractivity contribution in [3.05, 3.63) is 29.3 Å². The molecular formula is C22H38Cl2OTi. The topological polar surface area (TPSA) is 20.2 Å². The Hall–Kier alpha value is 0.314. The molecule has 1 saturated carbocycles. The Bertz CT molecular complexity index is 448. The van der Waals surface area contributed by atoms with Crippen LogP contribution in [0, 0.1) is 29.6 Å². The summed E-state index contributed by atoms with van der Waals surface area (Å²) < 4.78 is 0. The molecule has 26 heavy (non-hydrogen) atoms. The van der Waals surface area contributed by atoms with Gasteiger partial charge in [-0.15, -0.1) is 0 Å². The van der Waals surface area contributed by atoms with Gasteiger partial charge in [-0.05, 0) is 52.6 Å². The van der Waals surface area contributed by atoms with Crippen LogP contribution in [-0.2, 0) is 17.0 Å². The summed E-state index contributed by atoms with van der Waals surface area (Å²) in [7, 11) is 9.78. The van der Waals surface area contributed by atoms with Gasteiger partial charge in [0.1, 0.15) is 5.75 Å². The van der Waals surface area contributed by atoms with E-state index in [2.05, 4.69) is 62.3 Å². The van der Waals surface area contributed by atoms with Crippen molar-refractivity contribution in [2.24, 2.45) is 29.6 Å². The second-order valence-electron chi connectivity index (χ2n) is 8.46. The van der Waals surface area contributed by atoms with E-state index in [0.717, 1.165) is 40.7 Å². The summed E-state index contributed by atoms with van der Waals surface area (Å²) in [5.41, 5.74) is 2.09. The van der Waals surface area contributed by atoms with Gasteiger partial charge < -0.3 is 5.11 Å². The molecule has 0 saturated heterocycles. The molecule has 0 spiro atoms. The molecular weight excluding hydrogens is 399 g/mol. The van der Waals surface area contributed by atoms with Crippen LogP contribution in [0.3, 0.4) is 0 Å². The van der Waals surface area contributed by atoms with Crippen LogP contribution < -0.4 is 0 Å². The van der Waals surface area contributed by atoms with Crippen molar-refractivity contribution in [1.29, 1.82) is 0 Å². The number of phenols is 1. The summed E-state index contributed by atoms with van der Waals surface area (Å²) >= 11 is -0.556. The van der Waals surface area contributed by atoms with E-state index in [1.165, 1.54) is 0 Å². The molecule has 1 aromatic carbocycles. The normalized spacial score (nSPS) is 27.5. The first-order valence-electron chi connectivity index (χ1n) is 9.79. The van der Waals surface area contributed by atoms with Gasteiger partial charge in [-0.3, -0.25) is 0 Å². The Kier molecular flexibility index (Phi) is 12.9. The number of hydrogen-bond acceptors (Lipinski definition) is 1. The molecule has 0 amide bonds. The van der Waals surface area contributed by atoms with Crippen molar-refractivity contribution in [2.45, 2.75) is 74.1 Å². The number of halogens is 2. The predicted octanol–water partition coefficient (Wildman–Crippen LogP) is 8.20. The fourth-order valence-corrected chi connectivity index (χ4v) is 3.91. The van der Waals surface area contributed by atoms with E-state index in [1.807, 2.05) is 18.2 Å². The van der Waals surface area contributed by atoms with Gasteiger partial charge in [0, 0.05) is 0 Å². The molecule has 1 aliphatic rings. The molecule has 150 valence electrons. The summed E-state index contributed by atoms with van der Waals surface area (Å²) in [5.74, 6) is 5.93. The molecule has 0 heterocycles. The Morgan fingerprint density at radius 2 is 0.962 bits per heavy atom. The molecule has 1 N–H and O–H groups in total. The van der Waals surface area contributed by atoms with Crippen LogP contribution in [0.1, 0.15) is 85.3 Å². The molecule has 1 nitrogen and oxygen atoms in total. The minimum absolute atomic E-state index is 0.388. The van der Waals surface area contributed by atoms with Gasteiger partial charge in [0.15, 0.2) is 0 Å². The van der Waals surface area contributed by atoms with E-state index in [-0.39, 0.29) is 0 Å². The first-order chi connectivity index (χ1) is 12.0. The molecule has 1 aliphatic carbocycles. The van der Waals surface area contributed by atoms with Crippen LogP contribution in [0.5, 0.6) is 5.75 Å². The SMILES string of the molecule is CC(C)c1cccc(C(C)C)c1O.CC1C(C)C(C)C(C)C1C.[Cl][Ti][Cl]. The molecule has 1 aromatic rings. The van der Waals surface area contributed by atoms with Crippen molar-refractivity contribution >= 4 is 18.6 Å². The standard InChI is InChI=1S/C12H18O.C10H20.2ClH.Ti/c1-8(2)10-6-5-7-11(9(3)4)12(10)13;1-6-7(2)9(4)10(5)8(6)3;;;/h5-9,13H,1-4H3;6-10H,1-5H3;2*1H;/q;;;;+2/p-2. The quantitative estimate of drug-likeness (QED) is 0.463. The van der Waals surface area contributed by atoms with E-state index in [0.29, 0.717) is 17.6 Å². The molecule has 4 heteroatoms. The van der Waals surface area contributed by atoms with Crippen molar-refractivity contribution in [1.82, 2.24) is 0 Å². The first kappa shape index (κ1) is 26.3. The van der Waals surface area contributed by atoms with Crippen molar-refractivity contribution < 1.29 is 22.1 Å². The minimum atomic E-state index is -0.556. The molecule has 0 aliphatic heterocycles. The van der Waals surface area contributed by atoms with Gasteiger partial charge in [0.25, 0.3) is 0 Å². The van der Waals surface area contributed by atoms with Crippen LogP contribution in [-0.4, -0.2) is 5.11 Å². The van der Waals surface area contributed by atoms with Gasteiger partial charge in [-0.25, -0.2) is 0 Å². The van der Waals surface area contributed by atoms with Crippen LogP contribution in [0.25, 0.3) is 0 Å². The molecule has 1 fully saturated rings. The van der Waals surface area contributed by atoms with Crippen molar-refractivity contribution in [3.8, 4) is 5.75 Å². The van der Waals surface area contributed by atoms with Gasteiger partial charge in [-0.1, -0.05) is 80.5 Å². The number of benzene rings is 1. The van der Waals surface area contributed by atoms with Gasteiger partial charge in [-0.2, -0.15) is 0 Å². The maximum absolute atomic E-state index is 9.93. The van der Waals surface area contributed by atoms with Crippen molar-refractivity contribution in [3.63, 3.8) is 0 Å². The van der Waals surface area contributed by atoms with Gasteiger partial charge >= 0.3 is 35.6 Å². The number of hydrogen-bond donors (Lipinski definition) is 1. The van der Waals surface area contributed by atoms with E-state index >= 15 is 0 Å². The summed E-state index contributed by atoms with van der Waals surface area (Å²) in [6.07, 6.45) is 0. The van der Waals surface area contributed by atoms with Crippen LogP contribution >= 0.6 is 18.6 Å². The number of rotatable bonds is 2. The number of aromatic hydroxyl groups is 1. The van der Waals surface area contributed by atoms with Crippen LogP contribution in [0.2, 0.25) is 0 Å². The molecule has 2 rings (SSSR count). The fraction of sp³-hybridized carbons (Fsp3) is 0.727. The third kappa shape index (κ3) is 7.38. The third-order valence-corrected chi connectivity index (χ3v) is 6.49. The van der Waals surface area contributed by atoms with E-state index in [4.69, 9.17) is 18.6 Å². The van der Waals surface area contributed by atoms with Crippen LogP contribution in [0.15, 0.2) is 18.2 Å². The molecule has 0 atom stereocenters. The average molecular weight is 437 g/mol. The van der Waals surface area contributed by atoms with E-state index < -0.39 is 17.0 Å². The van der Waals surface area contributed by atoms with Gasteiger partial charge in [0.2, 0.25) is 0 Å². The summed E-state index contributed by atoms with van der Waals surface area (Å²) in [5, 5.41) is 9.93. The Labute approximate surface area is 178 Å².